The van der Waals surface area contributed by atoms with Crippen LogP contribution in [-0.2, 0) is 19.2 Å². The third-order valence-electron chi connectivity index (χ3n) is 1.36. The van der Waals surface area contributed by atoms with Crippen molar-refractivity contribution in [3.63, 3.8) is 0 Å². The minimum absolute atomic E-state index is 0.0652. The van der Waals surface area contributed by atoms with Gasteiger partial charge >= 0.3 is 11.9 Å². The first-order valence-corrected chi connectivity index (χ1v) is 4.56. The summed E-state index contributed by atoms with van der Waals surface area (Å²) in [4.78, 5) is 40.2. The first-order valence-electron chi connectivity index (χ1n) is 4.56. The van der Waals surface area contributed by atoms with E-state index in [1.165, 1.54) is 0 Å². The molecule has 0 saturated heterocycles. The van der Waals surface area contributed by atoms with Crippen LogP contribution in [0.5, 0.6) is 0 Å². The average Bonchev–Trinajstić information content (AvgIpc) is 2.35. The highest BCUT2D eigenvalue weighted by Gasteiger charge is 2.08. The van der Waals surface area contributed by atoms with Gasteiger partial charge < -0.3 is 10.2 Å². The zero-order valence-corrected chi connectivity index (χ0v) is 9.75. The summed E-state index contributed by atoms with van der Waals surface area (Å²) < 4.78 is 0. The highest BCUT2D eigenvalue weighted by molar-refractivity contribution is 5.97. The highest BCUT2D eigenvalue weighted by atomic mass is 16.4. The maximum Gasteiger partial charge on any atom is 0.328 e. The van der Waals surface area contributed by atoms with E-state index in [0.717, 1.165) is 0 Å². The number of nitrogens with two attached hydrogens (primary N) is 2. The molecule has 0 unspecified atom stereocenters. The van der Waals surface area contributed by atoms with Gasteiger partial charge in [0.15, 0.2) is 0 Å². The largest absolute Gasteiger partial charge is 0.478 e. The maximum absolute atomic E-state index is 10.6. The lowest BCUT2D eigenvalue weighted by Crippen LogP contribution is -2.35. The Morgan fingerprint density at radius 1 is 1.00 bits per heavy atom. The van der Waals surface area contributed by atoms with Gasteiger partial charge in [0, 0.05) is 17.7 Å². The van der Waals surface area contributed by atoms with Crippen molar-refractivity contribution >= 4 is 23.8 Å². The lowest BCUT2D eigenvalue weighted by atomic mass is 10.2. The Bertz CT molecular complexity index is 388. The Labute approximate surface area is 107 Å². The lowest BCUT2D eigenvalue weighted by Gasteiger charge is -2.01. The third-order valence-corrected chi connectivity index (χ3v) is 1.36. The summed E-state index contributed by atoms with van der Waals surface area (Å²) in [7, 11) is 0. The molecule has 0 aliphatic rings. The Balaban J connectivity index is 0. The summed E-state index contributed by atoms with van der Waals surface area (Å²) in [6.07, 6.45) is 0.962. The molecule has 0 fully saturated rings. The number of nitrogens with one attached hydrogen (secondary N) is 2. The predicted octanol–water partition coefficient (Wildman–Crippen LogP) is -2.38. The van der Waals surface area contributed by atoms with Crippen LogP contribution in [0.1, 0.15) is 6.42 Å². The van der Waals surface area contributed by atoms with Crippen LogP contribution in [0.15, 0.2) is 24.3 Å². The van der Waals surface area contributed by atoms with Crippen LogP contribution in [0.4, 0.5) is 0 Å². The molecule has 2 amide bonds. The molecule has 10 nitrogen and oxygen atoms in total. The summed E-state index contributed by atoms with van der Waals surface area (Å²) in [5, 5.41) is 15.6. The van der Waals surface area contributed by atoms with Crippen LogP contribution in [0.25, 0.3) is 0 Å². The van der Waals surface area contributed by atoms with Crippen molar-refractivity contribution in [2.24, 2.45) is 11.7 Å². The molecular weight excluding hydrogens is 260 g/mol. The molecule has 0 spiro atoms. The minimum atomic E-state index is -1.26. The minimum Gasteiger partial charge on any atom is -0.478 e. The van der Waals surface area contributed by atoms with E-state index < -0.39 is 23.8 Å². The van der Waals surface area contributed by atoms with Crippen LogP contribution in [0, 0.1) is 0 Å². The van der Waals surface area contributed by atoms with E-state index >= 15 is 0 Å². The predicted molar refractivity (Wildman–Crippen MR) is 62.8 cm³/mol. The standard InChI is InChI=1S/C5H10N4O2.C4H4O4/c1-3(5(11)9-7)2-4(10)8-6;5-3(6)1-2-4(7)8/h1-2,6-7H2,(H,8,10)(H,9,11);1-2H,(H,5,6)(H,7,8)/b;2-1-. The molecule has 106 valence electrons. The van der Waals surface area contributed by atoms with E-state index in [0.29, 0.717) is 12.2 Å². The maximum atomic E-state index is 10.6. The molecule has 0 aliphatic carbocycles. The van der Waals surface area contributed by atoms with E-state index in [-0.39, 0.29) is 12.0 Å². The van der Waals surface area contributed by atoms with Gasteiger partial charge in [-0.25, -0.2) is 21.3 Å². The van der Waals surface area contributed by atoms with Crippen LogP contribution < -0.4 is 22.5 Å². The van der Waals surface area contributed by atoms with Crippen molar-refractivity contribution in [2.75, 3.05) is 0 Å². The Kier molecular flexibility index (Phi) is 10.2. The molecular formula is C9H14N4O6. The van der Waals surface area contributed by atoms with Gasteiger partial charge in [-0.15, -0.1) is 0 Å². The molecule has 0 rings (SSSR count). The molecule has 0 bridgehead atoms. The number of carboxylic acids is 2. The number of carboxylic acid groups (broad SMARTS) is 2. The zero-order chi connectivity index (χ0) is 15.4. The summed E-state index contributed by atoms with van der Waals surface area (Å²) in [5.74, 6) is 5.95. The van der Waals surface area contributed by atoms with Crippen molar-refractivity contribution in [2.45, 2.75) is 6.42 Å². The van der Waals surface area contributed by atoms with Crippen molar-refractivity contribution in [1.82, 2.24) is 10.9 Å². The number of carbonyl (C=O) groups is 4. The Hall–Kier alpha value is -2.72. The monoisotopic (exact) mass is 274 g/mol. The normalized spacial score (nSPS) is 8.95. The average molecular weight is 274 g/mol. The number of aliphatic carboxylic acids is 2. The zero-order valence-electron chi connectivity index (χ0n) is 9.75. The van der Waals surface area contributed by atoms with E-state index in [4.69, 9.17) is 21.9 Å². The van der Waals surface area contributed by atoms with Crippen LogP contribution in [-0.4, -0.2) is 34.0 Å². The molecule has 0 heterocycles. The van der Waals surface area contributed by atoms with Gasteiger partial charge in [-0.2, -0.15) is 0 Å². The second-order valence-electron chi connectivity index (χ2n) is 2.83. The van der Waals surface area contributed by atoms with E-state index in [1.54, 1.807) is 0 Å². The quantitative estimate of drug-likeness (QED) is 0.139. The van der Waals surface area contributed by atoms with Crippen LogP contribution >= 0.6 is 0 Å². The van der Waals surface area contributed by atoms with Gasteiger partial charge in [0.25, 0.3) is 5.91 Å². The van der Waals surface area contributed by atoms with Crippen LogP contribution in [0.3, 0.4) is 0 Å². The molecule has 0 saturated carbocycles. The smallest absolute Gasteiger partial charge is 0.328 e. The Morgan fingerprint density at radius 3 is 1.68 bits per heavy atom. The summed E-state index contributed by atoms with van der Waals surface area (Å²) in [6, 6.07) is 0. The van der Waals surface area contributed by atoms with E-state index in [9.17, 15) is 19.2 Å². The van der Waals surface area contributed by atoms with E-state index in [1.807, 2.05) is 10.9 Å². The molecule has 10 heteroatoms. The fourth-order valence-electron chi connectivity index (χ4n) is 0.570. The van der Waals surface area contributed by atoms with Gasteiger partial charge in [-0.3, -0.25) is 20.4 Å². The SMILES string of the molecule is C=C(CC(=O)NN)C(=O)NN.O=C(O)/C=C\C(=O)O. The number of carbonyl (C=O) groups excluding carboxylic acids is 2. The summed E-state index contributed by atoms with van der Waals surface area (Å²) in [5.41, 5.74) is 3.75. The topological polar surface area (TPSA) is 185 Å². The molecule has 0 atom stereocenters. The molecule has 0 aromatic carbocycles. The molecule has 0 aliphatic heterocycles. The van der Waals surface area contributed by atoms with Crippen molar-refractivity contribution < 1.29 is 29.4 Å². The molecule has 0 radical (unpaired) electrons. The molecule has 19 heavy (non-hydrogen) atoms. The number of amides is 2. The lowest BCUT2D eigenvalue weighted by molar-refractivity contribution is -0.134. The third kappa shape index (κ3) is 13.2. The molecule has 0 aromatic heterocycles. The first-order chi connectivity index (χ1) is 8.74. The highest BCUT2D eigenvalue weighted by Crippen LogP contribution is 1.95. The number of hydrogen-bond donors (Lipinski definition) is 6. The van der Waals surface area contributed by atoms with Gasteiger partial charge in [-0.1, -0.05) is 6.58 Å². The first kappa shape index (κ1) is 18.6. The number of rotatable bonds is 5. The van der Waals surface area contributed by atoms with Crippen LogP contribution in [0.2, 0.25) is 0 Å². The van der Waals surface area contributed by atoms with Gasteiger partial charge in [0.05, 0.1) is 6.42 Å². The fourth-order valence-corrected chi connectivity index (χ4v) is 0.570. The fraction of sp³-hybridized carbons (Fsp3) is 0.111. The van der Waals surface area contributed by atoms with Gasteiger partial charge in [0.2, 0.25) is 5.91 Å². The summed E-state index contributed by atoms with van der Waals surface area (Å²) in [6.45, 7) is 3.30. The molecule has 8 N–H and O–H groups in total. The second-order valence-corrected chi connectivity index (χ2v) is 2.83. The van der Waals surface area contributed by atoms with Crippen molar-refractivity contribution in [3.8, 4) is 0 Å². The number of hydrazine groups is 2. The summed E-state index contributed by atoms with van der Waals surface area (Å²) >= 11 is 0. The van der Waals surface area contributed by atoms with Gasteiger partial charge in [0.1, 0.15) is 0 Å². The van der Waals surface area contributed by atoms with Gasteiger partial charge in [-0.05, 0) is 0 Å². The van der Waals surface area contributed by atoms with Crippen molar-refractivity contribution in [3.05, 3.63) is 24.3 Å². The Morgan fingerprint density at radius 2 is 1.42 bits per heavy atom. The number of hydrogen-bond acceptors (Lipinski definition) is 6. The van der Waals surface area contributed by atoms with Crippen molar-refractivity contribution in [1.29, 1.82) is 0 Å². The van der Waals surface area contributed by atoms with E-state index in [2.05, 4.69) is 6.58 Å². The molecule has 0 aromatic rings. The second kappa shape index (κ2) is 10.4.